The average molecular weight is 252 g/mol. The third-order valence-electron chi connectivity index (χ3n) is 2.60. The Morgan fingerprint density at radius 1 is 1.33 bits per heavy atom. The Morgan fingerprint density at radius 2 is 2.11 bits per heavy atom. The van der Waals surface area contributed by atoms with Crippen molar-refractivity contribution in [3.8, 4) is 5.88 Å². The van der Waals surface area contributed by atoms with Crippen molar-refractivity contribution in [2.45, 2.75) is 27.2 Å². The smallest absolute Gasteiger partial charge is 0.226 e. The standard InChI is InChI=1S/C13H24N4O/c1-5-9-18-12-10-11(3)15-13(16-12)14-7-8-17(4)6-2/h10H,5-9H2,1-4H3,(H,14,15,16). The van der Waals surface area contributed by atoms with Crippen LogP contribution < -0.4 is 10.1 Å². The van der Waals surface area contributed by atoms with Crippen LogP contribution in [-0.4, -0.2) is 48.2 Å². The van der Waals surface area contributed by atoms with E-state index in [1.165, 1.54) is 0 Å². The summed E-state index contributed by atoms with van der Waals surface area (Å²) in [6, 6.07) is 1.86. The molecule has 1 heterocycles. The van der Waals surface area contributed by atoms with Gasteiger partial charge in [0, 0.05) is 24.8 Å². The minimum atomic E-state index is 0.644. The highest BCUT2D eigenvalue weighted by Gasteiger charge is 2.03. The molecule has 0 saturated heterocycles. The lowest BCUT2D eigenvalue weighted by Gasteiger charge is -2.14. The first-order chi connectivity index (χ1) is 8.65. The van der Waals surface area contributed by atoms with E-state index in [0.717, 1.165) is 31.7 Å². The Morgan fingerprint density at radius 3 is 2.78 bits per heavy atom. The molecule has 0 aromatic carbocycles. The normalized spacial score (nSPS) is 10.7. The summed E-state index contributed by atoms with van der Waals surface area (Å²) in [6.07, 6.45) is 0.979. The third-order valence-corrected chi connectivity index (χ3v) is 2.60. The van der Waals surface area contributed by atoms with E-state index in [9.17, 15) is 0 Å². The first-order valence-corrected chi connectivity index (χ1v) is 6.56. The number of nitrogens with zero attached hydrogens (tertiary/aromatic N) is 3. The highest BCUT2D eigenvalue weighted by molar-refractivity contribution is 5.30. The zero-order valence-electron chi connectivity index (χ0n) is 11.9. The first kappa shape index (κ1) is 14.7. The minimum Gasteiger partial charge on any atom is -0.478 e. The van der Waals surface area contributed by atoms with Crippen LogP contribution in [0.25, 0.3) is 0 Å². The maximum atomic E-state index is 5.52. The van der Waals surface area contributed by atoms with Crippen LogP contribution >= 0.6 is 0 Å². The van der Waals surface area contributed by atoms with Gasteiger partial charge in [-0.3, -0.25) is 0 Å². The van der Waals surface area contributed by atoms with Crippen molar-refractivity contribution in [1.29, 1.82) is 0 Å². The van der Waals surface area contributed by atoms with Gasteiger partial charge in [-0.2, -0.15) is 4.98 Å². The van der Waals surface area contributed by atoms with Crippen molar-refractivity contribution >= 4 is 5.95 Å². The van der Waals surface area contributed by atoms with E-state index in [-0.39, 0.29) is 0 Å². The van der Waals surface area contributed by atoms with Crippen molar-refractivity contribution in [2.24, 2.45) is 0 Å². The lowest BCUT2D eigenvalue weighted by Crippen LogP contribution is -2.25. The maximum absolute atomic E-state index is 5.52. The molecule has 0 unspecified atom stereocenters. The fourth-order valence-electron chi connectivity index (χ4n) is 1.42. The lowest BCUT2D eigenvalue weighted by molar-refractivity contribution is 0.304. The molecule has 1 rings (SSSR count). The fourth-order valence-corrected chi connectivity index (χ4v) is 1.42. The molecular weight excluding hydrogens is 228 g/mol. The molecule has 0 atom stereocenters. The van der Waals surface area contributed by atoms with Gasteiger partial charge < -0.3 is 15.0 Å². The zero-order chi connectivity index (χ0) is 13.4. The predicted molar refractivity (Wildman–Crippen MR) is 74.2 cm³/mol. The summed E-state index contributed by atoms with van der Waals surface area (Å²) in [4.78, 5) is 10.9. The molecule has 0 fully saturated rings. The first-order valence-electron chi connectivity index (χ1n) is 6.56. The van der Waals surface area contributed by atoms with Gasteiger partial charge in [-0.1, -0.05) is 13.8 Å². The monoisotopic (exact) mass is 252 g/mol. The van der Waals surface area contributed by atoms with Crippen LogP contribution in [0.4, 0.5) is 5.95 Å². The summed E-state index contributed by atoms with van der Waals surface area (Å²) >= 11 is 0. The van der Waals surface area contributed by atoms with Crippen molar-refractivity contribution < 1.29 is 4.74 Å². The molecule has 1 N–H and O–H groups in total. The predicted octanol–water partition coefficient (Wildman–Crippen LogP) is 1.94. The molecular formula is C13H24N4O. The van der Waals surface area contributed by atoms with E-state index in [4.69, 9.17) is 4.74 Å². The Balaban J connectivity index is 2.51. The van der Waals surface area contributed by atoms with Crippen molar-refractivity contribution in [3.05, 3.63) is 11.8 Å². The van der Waals surface area contributed by atoms with Gasteiger partial charge >= 0.3 is 0 Å². The van der Waals surface area contributed by atoms with Crippen molar-refractivity contribution in [2.75, 3.05) is 38.6 Å². The summed E-state index contributed by atoms with van der Waals surface area (Å²) < 4.78 is 5.52. The molecule has 1 aromatic rings. The van der Waals surface area contributed by atoms with Crippen LogP contribution in [0.3, 0.4) is 0 Å². The summed E-state index contributed by atoms with van der Waals surface area (Å²) in [7, 11) is 2.09. The molecule has 0 bridgehead atoms. The maximum Gasteiger partial charge on any atom is 0.226 e. The van der Waals surface area contributed by atoms with Crippen LogP contribution in [0.15, 0.2) is 6.07 Å². The number of rotatable bonds is 8. The fraction of sp³-hybridized carbons (Fsp3) is 0.692. The molecule has 5 nitrogen and oxygen atoms in total. The van der Waals surface area contributed by atoms with Gasteiger partial charge in [0.25, 0.3) is 0 Å². The van der Waals surface area contributed by atoms with Crippen molar-refractivity contribution in [1.82, 2.24) is 14.9 Å². The minimum absolute atomic E-state index is 0.644. The molecule has 5 heteroatoms. The SMILES string of the molecule is CCCOc1cc(C)nc(NCCN(C)CC)n1. The number of aryl methyl sites for hydroxylation is 1. The van der Waals surface area contributed by atoms with Gasteiger partial charge in [0.1, 0.15) is 0 Å². The highest BCUT2D eigenvalue weighted by Crippen LogP contribution is 2.11. The molecule has 0 amide bonds. The van der Waals surface area contributed by atoms with Crippen LogP contribution in [0.2, 0.25) is 0 Å². The largest absolute Gasteiger partial charge is 0.478 e. The van der Waals surface area contributed by atoms with E-state index in [2.05, 4.69) is 41.1 Å². The van der Waals surface area contributed by atoms with Crippen molar-refractivity contribution in [3.63, 3.8) is 0 Å². The second kappa shape index (κ2) is 7.87. The van der Waals surface area contributed by atoms with Gasteiger partial charge in [0.2, 0.25) is 11.8 Å². The van der Waals surface area contributed by atoms with E-state index in [0.29, 0.717) is 18.4 Å². The van der Waals surface area contributed by atoms with Crippen LogP contribution in [0, 0.1) is 6.92 Å². The Hall–Kier alpha value is -1.36. The average Bonchev–Trinajstić information content (AvgIpc) is 2.35. The number of ether oxygens (including phenoxy) is 1. The summed E-state index contributed by atoms with van der Waals surface area (Å²) in [5, 5.41) is 3.22. The van der Waals surface area contributed by atoms with E-state index >= 15 is 0 Å². The number of anilines is 1. The topological polar surface area (TPSA) is 50.3 Å². The van der Waals surface area contributed by atoms with Gasteiger partial charge in [-0.15, -0.1) is 0 Å². The molecule has 0 aliphatic carbocycles. The number of likely N-dealkylation sites (N-methyl/N-ethyl adjacent to an activating group) is 1. The number of aromatic nitrogens is 2. The van der Waals surface area contributed by atoms with Crippen LogP contribution in [0.5, 0.6) is 5.88 Å². The van der Waals surface area contributed by atoms with Gasteiger partial charge in [0.05, 0.1) is 6.61 Å². The molecule has 0 aliphatic rings. The zero-order valence-corrected chi connectivity index (χ0v) is 11.9. The van der Waals surface area contributed by atoms with Crippen LogP contribution in [-0.2, 0) is 0 Å². The molecule has 0 radical (unpaired) electrons. The Labute approximate surface area is 110 Å². The van der Waals surface area contributed by atoms with Gasteiger partial charge in [-0.25, -0.2) is 4.98 Å². The number of nitrogens with one attached hydrogen (secondary N) is 1. The third kappa shape index (κ3) is 5.31. The quantitative estimate of drug-likeness (QED) is 0.766. The number of hydrogen-bond acceptors (Lipinski definition) is 5. The summed E-state index contributed by atoms with van der Waals surface area (Å²) in [5.41, 5.74) is 0.919. The Bertz CT molecular complexity index is 357. The van der Waals surface area contributed by atoms with Crippen LogP contribution in [0.1, 0.15) is 26.0 Å². The van der Waals surface area contributed by atoms with E-state index in [1.54, 1.807) is 0 Å². The Kier molecular flexibility index (Phi) is 6.43. The second-order valence-corrected chi connectivity index (χ2v) is 4.34. The van der Waals surface area contributed by atoms with E-state index < -0.39 is 0 Å². The molecule has 0 aliphatic heterocycles. The second-order valence-electron chi connectivity index (χ2n) is 4.34. The molecule has 102 valence electrons. The molecule has 0 saturated carbocycles. The summed E-state index contributed by atoms with van der Waals surface area (Å²) in [5.74, 6) is 1.29. The summed E-state index contributed by atoms with van der Waals surface area (Å²) in [6.45, 7) is 9.70. The number of hydrogen-bond donors (Lipinski definition) is 1. The molecule has 1 aromatic heterocycles. The van der Waals surface area contributed by atoms with E-state index in [1.807, 2.05) is 13.0 Å². The highest BCUT2D eigenvalue weighted by atomic mass is 16.5. The molecule has 0 spiro atoms. The lowest BCUT2D eigenvalue weighted by atomic mass is 10.4. The van der Waals surface area contributed by atoms with Gasteiger partial charge in [0.15, 0.2) is 0 Å². The van der Waals surface area contributed by atoms with Gasteiger partial charge in [-0.05, 0) is 26.9 Å². The molecule has 18 heavy (non-hydrogen) atoms.